The number of nitrogens with zero attached hydrogens (tertiary/aromatic N) is 1. The molecular formula is C17H20N2O3S. The maximum absolute atomic E-state index is 12.5. The Labute approximate surface area is 139 Å². The van der Waals surface area contributed by atoms with Gasteiger partial charge in [0.05, 0.1) is 10.7 Å². The molecule has 0 spiro atoms. The van der Waals surface area contributed by atoms with E-state index in [1.54, 1.807) is 37.3 Å². The van der Waals surface area contributed by atoms with E-state index in [4.69, 9.17) is 0 Å². The first-order valence-electron chi connectivity index (χ1n) is 7.26. The Balaban J connectivity index is 2.27. The fourth-order valence-corrected chi connectivity index (χ4v) is 3.08. The van der Waals surface area contributed by atoms with Gasteiger partial charge in [0.25, 0.3) is 5.91 Å². The first-order valence-corrected chi connectivity index (χ1v) is 8.08. The van der Waals surface area contributed by atoms with Gasteiger partial charge in [-0.15, -0.1) is 11.3 Å². The largest absolute Gasteiger partial charge is 0.479 e. The predicted molar refractivity (Wildman–Crippen MR) is 89.8 cm³/mol. The number of rotatable bonds is 4. The quantitative estimate of drug-likeness (QED) is 0.900. The van der Waals surface area contributed by atoms with Crippen molar-refractivity contribution in [3.05, 3.63) is 51.5 Å². The van der Waals surface area contributed by atoms with Crippen LogP contribution in [0, 0.1) is 6.92 Å². The molecule has 0 saturated carbocycles. The summed E-state index contributed by atoms with van der Waals surface area (Å²) in [6.07, 6.45) is 0. The van der Waals surface area contributed by atoms with Crippen LogP contribution in [0.15, 0.2) is 30.3 Å². The summed E-state index contributed by atoms with van der Waals surface area (Å²) in [7, 11) is 0. The molecule has 0 aliphatic rings. The molecule has 5 nitrogen and oxygen atoms in total. The van der Waals surface area contributed by atoms with Crippen molar-refractivity contribution >= 4 is 23.2 Å². The third-order valence-corrected chi connectivity index (χ3v) is 4.88. The van der Waals surface area contributed by atoms with Gasteiger partial charge in [0.1, 0.15) is 4.88 Å². The molecule has 0 bridgehead atoms. The van der Waals surface area contributed by atoms with Gasteiger partial charge in [-0.25, -0.2) is 9.78 Å². The highest BCUT2D eigenvalue weighted by Gasteiger charge is 2.27. The lowest BCUT2D eigenvalue weighted by molar-refractivity contribution is -0.139. The molecule has 2 aromatic rings. The summed E-state index contributed by atoms with van der Waals surface area (Å²) < 4.78 is 0. The summed E-state index contributed by atoms with van der Waals surface area (Å²) in [5.41, 5.74) is 1.00. The first-order chi connectivity index (χ1) is 10.7. The average molecular weight is 332 g/mol. The van der Waals surface area contributed by atoms with Crippen LogP contribution in [0.5, 0.6) is 0 Å². The van der Waals surface area contributed by atoms with Gasteiger partial charge in [-0.3, -0.25) is 4.79 Å². The summed E-state index contributed by atoms with van der Waals surface area (Å²) in [5, 5.41) is 12.8. The predicted octanol–water partition coefficient (Wildman–Crippen LogP) is 3.30. The van der Waals surface area contributed by atoms with Crippen LogP contribution in [0.1, 0.15) is 52.7 Å². The van der Waals surface area contributed by atoms with E-state index < -0.39 is 17.9 Å². The molecule has 1 amide bonds. The number of aromatic nitrogens is 1. The van der Waals surface area contributed by atoms with Crippen molar-refractivity contribution in [2.75, 3.05) is 0 Å². The second kappa shape index (κ2) is 6.50. The van der Waals surface area contributed by atoms with Gasteiger partial charge >= 0.3 is 5.97 Å². The summed E-state index contributed by atoms with van der Waals surface area (Å²) in [4.78, 5) is 28.9. The van der Waals surface area contributed by atoms with Gasteiger partial charge in [-0.1, -0.05) is 51.1 Å². The number of benzene rings is 1. The number of thiazole rings is 1. The minimum absolute atomic E-state index is 0.153. The van der Waals surface area contributed by atoms with E-state index in [0.29, 0.717) is 16.1 Å². The van der Waals surface area contributed by atoms with Crippen molar-refractivity contribution in [3.8, 4) is 0 Å². The smallest absolute Gasteiger partial charge is 0.330 e. The highest BCUT2D eigenvalue weighted by atomic mass is 32.1. The number of hydrogen-bond acceptors (Lipinski definition) is 4. The van der Waals surface area contributed by atoms with Gasteiger partial charge in [0, 0.05) is 5.41 Å². The third-order valence-electron chi connectivity index (χ3n) is 3.30. The standard InChI is InChI=1S/C17H20N2O3S/c1-10-13(23-16(18-10)17(2,3)4)14(20)19-12(15(21)22)11-8-6-5-7-9-11/h5-9,12H,1-4H3,(H,19,20)(H,21,22). The van der Waals surface area contributed by atoms with Gasteiger partial charge in [-0.05, 0) is 12.5 Å². The fourth-order valence-electron chi connectivity index (χ4n) is 2.06. The third kappa shape index (κ3) is 3.96. The molecule has 1 atom stereocenters. The van der Waals surface area contributed by atoms with Crippen LogP contribution >= 0.6 is 11.3 Å². The Kier molecular flexibility index (Phi) is 4.85. The van der Waals surface area contributed by atoms with Crippen LogP contribution in [-0.2, 0) is 10.2 Å². The number of carboxylic acids is 1. The number of amides is 1. The second-order valence-electron chi connectivity index (χ2n) is 6.34. The normalized spacial score (nSPS) is 12.7. The van der Waals surface area contributed by atoms with Gasteiger partial charge in [0.15, 0.2) is 6.04 Å². The average Bonchev–Trinajstić information content (AvgIpc) is 2.87. The minimum Gasteiger partial charge on any atom is -0.479 e. The molecule has 122 valence electrons. The van der Waals surface area contributed by atoms with Crippen LogP contribution in [0.2, 0.25) is 0 Å². The number of hydrogen-bond donors (Lipinski definition) is 2. The van der Waals surface area contributed by atoms with Gasteiger partial charge in [-0.2, -0.15) is 0 Å². The van der Waals surface area contributed by atoms with E-state index in [1.165, 1.54) is 11.3 Å². The number of aliphatic carboxylic acids is 1. The highest BCUT2D eigenvalue weighted by molar-refractivity contribution is 7.14. The van der Waals surface area contributed by atoms with Crippen LogP contribution in [0.25, 0.3) is 0 Å². The van der Waals surface area contributed by atoms with Gasteiger partial charge in [0.2, 0.25) is 0 Å². The Hall–Kier alpha value is -2.21. The van der Waals surface area contributed by atoms with Crippen molar-refractivity contribution < 1.29 is 14.7 Å². The molecule has 1 heterocycles. The van der Waals surface area contributed by atoms with E-state index in [9.17, 15) is 14.7 Å². The molecule has 6 heteroatoms. The molecule has 23 heavy (non-hydrogen) atoms. The van der Waals surface area contributed by atoms with Crippen LogP contribution < -0.4 is 5.32 Å². The lowest BCUT2D eigenvalue weighted by atomic mass is 9.98. The van der Waals surface area contributed by atoms with Crippen LogP contribution in [-0.4, -0.2) is 22.0 Å². The minimum atomic E-state index is -1.09. The molecule has 0 fully saturated rings. The maximum Gasteiger partial charge on any atom is 0.330 e. The van der Waals surface area contributed by atoms with Crippen molar-refractivity contribution in [1.29, 1.82) is 0 Å². The molecule has 0 aliphatic heterocycles. The molecule has 0 aliphatic carbocycles. The first kappa shape index (κ1) is 17.1. The molecule has 0 saturated heterocycles. The Morgan fingerprint density at radius 3 is 2.30 bits per heavy atom. The monoisotopic (exact) mass is 332 g/mol. The topological polar surface area (TPSA) is 79.3 Å². The summed E-state index contributed by atoms with van der Waals surface area (Å²) in [5.74, 6) is -1.51. The molecule has 2 rings (SSSR count). The Bertz CT molecular complexity index is 717. The number of nitrogens with one attached hydrogen (secondary N) is 1. The van der Waals surface area contributed by atoms with Crippen molar-refractivity contribution in [2.24, 2.45) is 0 Å². The van der Waals surface area contributed by atoms with Crippen molar-refractivity contribution in [1.82, 2.24) is 10.3 Å². The molecule has 1 unspecified atom stereocenters. The summed E-state index contributed by atoms with van der Waals surface area (Å²) in [6, 6.07) is 7.56. The molecule has 1 aromatic heterocycles. The van der Waals surface area contributed by atoms with E-state index in [-0.39, 0.29) is 5.41 Å². The molecule has 1 aromatic carbocycles. The maximum atomic E-state index is 12.5. The lowest BCUT2D eigenvalue weighted by Crippen LogP contribution is -2.33. The molecule has 2 N–H and O–H groups in total. The zero-order valence-corrected chi connectivity index (χ0v) is 14.4. The summed E-state index contributed by atoms with van der Waals surface area (Å²) >= 11 is 1.31. The number of carbonyl (C=O) groups is 2. The van der Waals surface area contributed by atoms with E-state index in [1.807, 2.05) is 20.8 Å². The van der Waals surface area contributed by atoms with E-state index in [0.717, 1.165) is 5.01 Å². The number of aryl methyl sites for hydroxylation is 1. The zero-order valence-electron chi connectivity index (χ0n) is 13.6. The van der Waals surface area contributed by atoms with Gasteiger partial charge < -0.3 is 10.4 Å². The van der Waals surface area contributed by atoms with Crippen molar-refractivity contribution in [2.45, 2.75) is 39.2 Å². The SMILES string of the molecule is Cc1nc(C(C)(C)C)sc1C(=O)NC(C(=O)O)c1ccccc1. The van der Waals surface area contributed by atoms with E-state index >= 15 is 0 Å². The molecule has 0 radical (unpaired) electrons. The highest BCUT2D eigenvalue weighted by Crippen LogP contribution is 2.29. The Morgan fingerprint density at radius 1 is 1.22 bits per heavy atom. The second-order valence-corrected chi connectivity index (χ2v) is 7.34. The van der Waals surface area contributed by atoms with Crippen LogP contribution in [0.3, 0.4) is 0 Å². The zero-order chi connectivity index (χ0) is 17.2. The molecular weight excluding hydrogens is 312 g/mol. The van der Waals surface area contributed by atoms with E-state index in [2.05, 4.69) is 10.3 Å². The Morgan fingerprint density at radius 2 is 1.83 bits per heavy atom. The number of carbonyl (C=O) groups excluding carboxylic acids is 1. The fraction of sp³-hybridized carbons (Fsp3) is 0.353. The summed E-state index contributed by atoms with van der Waals surface area (Å²) in [6.45, 7) is 7.84. The number of carboxylic acid groups (broad SMARTS) is 1. The lowest BCUT2D eigenvalue weighted by Gasteiger charge is -2.15. The van der Waals surface area contributed by atoms with Crippen LogP contribution in [0.4, 0.5) is 0 Å². The van der Waals surface area contributed by atoms with Crippen molar-refractivity contribution in [3.63, 3.8) is 0 Å².